The van der Waals surface area contributed by atoms with E-state index in [2.05, 4.69) is 27.7 Å². The van der Waals surface area contributed by atoms with Crippen molar-refractivity contribution >= 4 is 5.97 Å². The monoisotopic (exact) mass is 390 g/mol. The summed E-state index contributed by atoms with van der Waals surface area (Å²) in [5.41, 5.74) is 2.08. The minimum Gasteiger partial charge on any atom is -0.507 e. The summed E-state index contributed by atoms with van der Waals surface area (Å²) in [5.74, 6) is 0.106. The average molecular weight is 391 g/mol. The Morgan fingerprint density at radius 2 is 1.96 bits per heavy atom. The molecule has 0 amide bonds. The van der Waals surface area contributed by atoms with Crippen LogP contribution in [-0.4, -0.2) is 35.7 Å². The number of hydrogen-bond acceptors (Lipinski definition) is 5. The van der Waals surface area contributed by atoms with Crippen molar-refractivity contribution in [2.24, 2.45) is 5.41 Å². The molecule has 1 aromatic rings. The number of fused-ring (bicyclic) bond motifs is 1. The molecule has 1 N–H and O–H groups in total. The number of carbonyl (C=O) groups is 1. The van der Waals surface area contributed by atoms with Gasteiger partial charge in [0, 0.05) is 18.3 Å². The fourth-order valence-corrected chi connectivity index (χ4v) is 3.61. The molecule has 1 aliphatic heterocycles. The lowest BCUT2D eigenvalue weighted by Crippen LogP contribution is -2.37. The number of ether oxygens (including phenoxy) is 3. The van der Waals surface area contributed by atoms with Crippen LogP contribution >= 0.6 is 0 Å². The van der Waals surface area contributed by atoms with Gasteiger partial charge in [-0.3, -0.25) is 4.79 Å². The van der Waals surface area contributed by atoms with E-state index in [0.717, 1.165) is 23.1 Å². The second kappa shape index (κ2) is 7.03. The second-order valence-corrected chi connectivity index (χ2v) is 10.3. The zero-order valence-electron chi connectivity index (χ0n) is 18.2. The van der Waals surface area contributed by atoms with Gasteiger partial charge in [0.1, 0.15) is 12.4 Å². The molecule has 0 radical (unpaired) electrons. The van der Waals surface area contributed by atoms with Crippen LogP contribution in [0.15, 0.2) is 12.1 Å². The van der Waals surface area contributed by atoms with Gasteiger partial charge >= 0.3 is 5.97 Å². The van der Waals surface area contributed by atoms with Crippen molar-refractivity contribution in [1.82, 2.24) is 0 Å². The predicted molar refractivity (Wildman–Crippen MR) is 107 cm³/mol. The van der Waals surface area contributed by atoms with E-state index in [1.807, 2.05) is 32.9 Å². The molecule has 156 valence electrons. The number of aromatic hydroxyl groups is 1. The van der Waals surface area contributed by atoms with Crippen LogP contribution in [-0.2, 0) is 30.8 Å². The Bertz CT molecular complexity index is 761. The van der Waals surface area contributed by atoms with E-state index in [0.29, 0.717) is 18.6 Å². The lowest BCUT2D eigenvalue weighted by Gasteiger charge is -2.31. The quantitative estimate of drug-likeness (QED) is 0.729. The normalized spacial score (nSPS) is 26.8. The molecule has 3 atom stereocenters. The van der Waals surface area contributed by atoms with Crippen LogP contribution < -0.4 is 0 Å². The fraction of sp³-hybridized carbons (Fsp3) is 0.696. The van der Waals surface area contributed by atoms with Crippen molar-refractivity contribution < 1.29 is 24.1 Å². The van der Waals surface area contributed by atoms with E-state index in [1.165, 1.54) is 0 Å². The van der Waals surface area contributed by atoms with E-state index in [-0.39, 0.29) is 41.4 Å². The number of phenols is 1. The van der Waals surface area contributed by atoms with Gasteiger partial charge in [-0.25, -0.2) is 0 Å². The standard InChI is InChI=1S/C23H34O5/c1-14-10-15(11-16(19(14)25)21(2,3)4)8-9-18(24)26-13-22(5,6)20-27-17-12-23(17,7)28-20/h10-11,17,20,25H,8-9,12-13H2,1-7H3. The molecular weight excluding hydrogens is 356 g/mol. The third-order valence-corrected chi connectivity index (χ3v) is 5.81. The largest absolute Gasteiger partial charge is 0.507 e. The first kappa shape index (κ1) is 21.1. The van der Waals surface area contributed by atoms with Gasteiger partial charge in [0.05, 0.1) is 11.7 Å². The highest BCUT2D eigenvalue weighted by molar-refractivity contribution is 5.69. The number of esters is 1. The number of hydrogen-bond donors (Lipinski definition) is 1. The van der Waals surface area contributed by atoms with Crippen molar-refractivity contribution in [3.8, 4) is 5.75 Å². The molecule has 28 heavy (non-hydrogen) atoms. The molecule has 0 spiro atoms. The van der Waals surface area contributed by atoms with Crippen LogP contribution in [0.25, 0.3) is 0 Å². The van der Waals surface area contributed by atoms with Gasteiger partial charge in [0.15, 0.2) is 6.29 Å². The molecule has 0 aromatic heterocycles. The fourth-order valence-electron chi connectivity index (χ4n) is 3.61. The van der Waals surface area contributed by atoms with Crippen LogP contribution in [0, 0.1) is 12.3 Å². The molecule has 5 nitrogen and oxygen atoms in total. The third kappa shape index (κ3) is 4.36. The number of rotatable bonds is 6. The Labute approximate surface area is 168 Å². The smallest absolute Gasteiger partial charge is 0.306 e. The Morgan fingerprint density at radius 1 is 1.29 bits per heavy atom. The topological polar surface area (TPSA) is 65.0 Å². The number of phenolic OH excluding ortho intramolecular Hbond substituents is 1. The summed E-state index contributed by atoms with van der Waals surface area (Å²) in [6.07, 6.45) is 1.68. The molecule has 1 saturated heterocycles. The van der Waals surface area contributed by atoms with Crippen molar-refractivity contribution in [2.75, 3.05) is 6.61 Å². The van der Waals surface area contributed by atoms with Crippen molar-refractivity contribution in [3.05, 3.63) is 28.8 Å². The molecule has 1 aliphatic carbocycles. The molecule has 2 aliphatic rings. The summed E-state index contributed by atoms with van der Waals surface area (Å²) in [4.78, 5) is 12.3. The number of aryl methyl sites for hydroxylation is 2. The molecule has 1 aromatic carbocycles. The molecular formula is C23H34O5. The van der Waals surface area contributed by atoms with Crippen LogP contribution in [0.2, 0.25) is 0 Å². The van der Waals surface area contributed by atoms with Gasteiger partial charge in [0.2, 0.25) is 0 Å². The molecule has 0 bridgehead atoms. The second-order valence-electron chi connectivity index (χ2n) is 10.3. The first-order valence-electron chi connectivity index (χ1n) is 10.1. The lowest BCUT2D eigenvalue weighted by molar-refractivity contribution is -0.187. The Morgan fingerprint density at radius 3 is 2.54 bits per heavy atom. The minimum absolute atomic E-state index is 0.145. The maximum absolute atomic E-state index is 12.3. The van der Waals surface area contributed by atoms with E-state index >= 15 is 0 Å². The number of carbonyl (C=O) groups excluding carboxylic acids is 1. The Balaban J connectivity index is 1.53. The van der Waals surface area contributed by atoms with Crippen LogP contribution in [0.1, 0.15) is 71.1 Å². The van der Waals surface area contributed by atoms with Gasteiger partial charge in [-0.05, 0) is 42.4 Å². The summed E-state index contributed by atoms with van der Waals surface area (Å²) in [7, 11) is 0. The van der Waals surface area contributed by atoms with Crippen molar-refractivity contribution in [3.63, 3.8) is 0 Å². The predicted octanol–water partition coefficient (Wildman–Crippen LogP) is 4.40. The van der Waals surface area contributed by atoms with E-state index in [4.69, 9.17) is 14.2 Å². The molecule has 1 heterocycles. The van der Waals surface area contributed by atoms with Crippen LogP contribution in [0.5, 0.6) is 5.75 Å². The Kier molecular flexibility index (Phi) is 5.30. The number of benzene rings is 1. The molecule has 2 fully saturated rings. The highest BCUT2D eigenvalue weighted by Crippen LogP contribution is 2.52. The maximum atomic E-state index is 12.3. The SMILES string of the molecule is Cc1cc(CCC(=O)OCC(C)(C)C2OC3CC3(C)O2)cc(C(C)(C)C)c1O. The average Bonchev–Trinajstić information content (AvgIpc) is 3.09. The van der Waals surface area contributed by atoms with Gasteiger partial charge in [-0.2, -0.15) is 0 Å². The first-order chi connectivity index (χ1) is 12.8. The van der Waals surface area contributed by atoms with E-state index in [1.54, 1.807) is 0 Å². The minimum atomic E-state index is -0.388. The van der Waals surface area contributed by atoms with Crippen LogP contribution in [0.3, 0.4) is 0 Å². The highest BCUT2D eigenvalue weighted by Gasteiger charge is 2.63. The van der Waals surface area contributed by atoms with Crippen molar-refractivity contribution in [2.45, 2.75) is 91.1 Å². The summed E-state index contributed by atoms with van der Waals surface area (Å²) in [5, 5.41) is 10.3. The molecule has 3 unspecified atom stereocenters. The Hall–Kier alpha value is -1.59. The molecule has 3 rings (SSSR count). The third-order valence-electron chi connectivity index (χ3n) is 5.81. The van der Waals surface area contributed by atoms with Gasteiger partial charge in [0.25, 0.3) is 0 Å². The zero-order valence-corrected chi connectivity index (χ0v) is 18.2. The highest BCUT2D eigenvalue weighted by atomic mass is 16.8. The van der Waals surface area contributed by atoms with Crippen LogP contribution in [0.4, 0.5) is 0 Å². The summed E-state index contributed by atoms with van der Waals surface area (Å²) in [6.45, 7) is 14.4. The zero-order chi connectivity index (χ0) is 20.9. The summed E-state index contributed by atoms with van der Waals surface area (Å²) in [6, 6.07) is 3.93. The van der Waals surface area contributed by atoms with E-state index < -0.39 is 0 Å². The molecule has 1 saturated carbocycles. The first-order valence-corrected chi connectivity index (χ1v) is 10.1. The molecule has 5 heteroatoms. The van der Waals surface area contributed by atoms with Crippen molar-refractivity contribution in [1.29, 1.82) is 0 Å². The van der Waals surface area contributed by atoms with Gasteiger partial charge < -0.3 is 19.3 Å². The maximum Gasteiger partial charge on any atom is 0.306 e. The summed E-state index contributed by atoms with van der Waals surface area (Å²) < 4.78 is 17.4. The van der Waals surface area contributed by atoms with E-state index in [9.17, 15) is 9.90 Å². The lowest BCUT2D eigenvalue weighted by atomic mass is 9.83. The van der Waals surface area contributed by atoms with Gasteiger partial charge in [-0.1, -0.05) is 46.8 Å². The summed E-state index contributed by atoms with van der Waals surface area (Å²) >= 11 is 0. The van der Waals surface area contributed by atoms with Gasteiger partial charge in [-0.15, -0.1) is 0 Å².